The van der Waals surface area contributed by atoms with Crippen LogP contribution in [0.1, 0.15) is 25.8 Å². The Morgan fingerprint density at radius 3 is 2.61 bits per heavy atom. The maximum Gasteiger partial charge on any atom is 0.133 e. The first kappa shape index (κ1) is 12.8. The van der Waals surface area contributed by atoms with Crippen LogP contribution in [0, 0.1) is 0 Å². The normalized spacial score (nSPS) is 10.8. The maximum atomic E-state index is 4.52. The van der Waals surface area contributed by atoms with Crippen LogP contribution in [0.3, 0.4) is 0 Å². The van der Waals surface area contributed by atoms with Gasteiger partial charge in [-0.25, -0.2) is 4.98 Å². The quantitative estimate of drug-likeness (QED) is 0.765. The first-order valence-corrected chi connectivity index (χ1v) is 6.68. The molecule has 1 heterocycles. The van der Waals surface area contributed by atoms with E-state index in [9.17, 15) is 0 Å². The molecule has 0 aliphatic carbocycles. The van der Waals surface area contributed by atoms with E-state index in [4.69, 9.17) is 0 Å². The van der Waals surface area contributed by atoms with Crippen molar-refractivity contribution in [3.05, 3.63) is 36.0 Å². The molecule has 3 nitrogen and oxygen atoms in total. The number of fused-ring (bicyclic) bond motifs is 1. The zero-order valence-corrected chi connectivity index (χ0v) is 11.2. The number of nitrogens with one attached hydrogen (secondary N) is 2. The smallest absolute Gasteiger partial charge is 0.133 e. The second-order valence-corrected chi connectivity index (χ2v) is 4.38. The highest BCUT2D eigenvalue weighted by Gasteiger charge is 2.05. The van der Waals surface area contributed by atoms with E-state index in [1.165, 1.54) is 16.3 Å². The number of nitrogens with zero attached hydrogens (tertiary/aromatic N) is 1. The zero-order valence-electron chi connectivity index (χ0n) is 11.2. The Morgan fingerprint density at radius 2 is 1.89 bits per heavy atom. The predicted octanol–water partition coefficient (Wildman–Crippen LogP) is 3.17. The van der Waals surface area contributed by atoms with Crippen LogP contribution in [-0.4, -0.2) is 18.1 Å². The van der Waals surface area contributed by atoms with Crippen LogP contribution in [0.2, 0.25) is 0 Å². The number of pyridine rings is 1. The fourth-order valence-electron chi connectivity index (χ4n) is 2.10. The van der Waals surface area contributed by atoms with Crippen molar-refractivity contribution in [1.82, 2.24) is 10.3 Å². The minimum atomic E-state index is 0.883. The molecule has 1 aromatic carbocycles. The third kappa shape index (κ3) is 2.79. The second kappa shape index (κ2) is 6.36. The van der Waals surface area contributed by atoms with Crippen LogP contribution in [0.25, 0.3) is 10.8 Å². The molecule has 0 aliphatic rings. The standard InChI is InChI=1S/C15H21N3/c1-3-9-16-10-12-11-18-15(17-4-2)14-8-6-5-7-13(12)14/h5-8,11,16H,3-4,9-10H2,1-2H3,(H,17,18). The minimum absolute atomic E-state index is 0.883. The average Bonchev–Trinajstić information content (AvgIpc) is 2.41. The third-order valence-corrected chi connectivity index (χ3v) is 2.96. The zero-order chi connectivity index (χ0) is 12.8. The highest BCUT2D eigenvalue weighted by atomic mass is 15.0. The summed E-state index contributed by atoms with van der Waals surface area (Å²) in [7, 11) is 0. The van der Waals surface area contributed by atoms with Crippen molar-refractivity contribution in [2.24, 2.45) is 0 Å². The van der Waals surface area contributed by atoms with Gasteiger partial charge in [-0.2, -0.15) is 0 Å². The van der Waals surface area contributed by atoms with E-state index in [0.29, 0.717) is 0 Å². The van der Waals surface area contributed by atoms with Crippen molar-refractivity contribution in [1.29, 1.82) is 0 Å². The van der Waals surface area contributed by atoms with Gasteiger partial charge in [-0.1, -0.05) is 31.2 Å². The van der Waals surface area contributed by atoms with Gasteiger partial charge in [0.25, 0.3) is 0 Å². The van der Waals surface area contributed by atoms with E-state index >= 15 is 0 Å². The summed E-state index contributed by atoms with van der Waals surface area (Å²) in [5.41, 5.74) is 1.26. The van der Waals surface area contributed by atoms with E-state index in [-0.39, 0.29) is 0 Å². The highest BCUT2D eigenvalue weighted by Crippen LogP contribution is 2.24. The van der Waals surface area contributed by atoms with Gasteiger partial charge in [0.2, 0.25) is 0 Å². The number of hydrogen-bond acceptors (Lipinski definition) is 3. The monoisotopic (exact) mass is 243 g/mol. The third-order valence-electron chi connectivity index (χ3n) is 2.96. The molecule has 18 heavy (non-hydrogen) atoms. The molecular formula is C15H21N3. The van der Waals surface area contributed by atoms with Crippen LogP contribution in [-0.2, 0) is 6.54 Å². The fourth-order valence-corrected chi connectivity index (χ4v) is 2.10. The van der Waals surface area contributed by atoms with Crippen LogP contribution >= 0.6 is 0 Å². The van der Waals surface area contributed by atoms with Crippen molar-refractivity contribution >= 4 is 16.6 Å². The Hall–Kier alpha value is -1.61. The van der Waals surface area contributed by atoms with Gasteiger partial charge in [0, 0.05) is 24.7 Å². The number of hydrogen-bond donors (Lipinski definition) is 2. The fraction of sp³-hybridized carbons (Fsp3) is 0.400. The van der Waals surface area contributed by atoms with Crippen LogP contribution < -0.4 is 10.6 Å². The molecule has 0 fully saturated rings. The molecule has 96 valence electrons. The summed E-state index contributed by atoms with van der Waals surface area (Å²) in [4.78, 5) is 4.52. The lowest BCUT2D eigenvalue weighted by molar-refractivity contribution is 0.677. The molecule has 0 spiro atoms. The highest BCUT2D eigenvalue weighted by molar-refractivity contribution is 5.93. The Kier molecular flexibility index (Phi) is 4.53. The summed E-state index contributed by atoms with van der Waals surface area (Å²) in [5, 5.41) is 9.24. The summed E-state index contributed by atoms with van der Waals surface area (Å²) in [6.45, 7) is 7.09. The molecule has 0 saturated heterocycles. The van der Waals surface area contributed by atoms with Gasteiger partial charge < -0.3 is 10.6 Å². The van der Waals surface area contributed by atoms with E-state index in [1.807, 2.05) is 6.20 Å². The molecule has 0 radical (unpaired) electrons. The minimum Gasteiger partial charge on any atom is -0.370 e. The summed E-state index contributed by atoms with van der Waals surface area (Å²) in [5.74, 6) is 0.979. The Bertz CT molecular complexity index is 508. The summed E-state index contributed by atoms with van der Waals surface area (Å²) < 4.78 is 0. The molecule has 2 rings (SSSR count). The average molecular weight is 243 g/mol. The number of anilines is 1. The maximum absolute atomic E-state index is 4.52. The second-order valence-electron chi connectivity index (χ2n) is 4.38. The molecule has 2 N–H and O–H groups in total. The first-order chi connectivity index (χ1) is 8.86. The topological polar surface area (TPSA) is 37.0 Å². The molecular weight excluding hydrogens is 222 g/mol. The molecule has 0 atom stereocenters. The van der Waals surface area contributed by atoms with Crippen LogP contribution in [0.5, 0.6) is 0 Å². The molecule has 0 amide bonds. The molecule has 1 aromatic heterocycles. The van der Waals surface area contributed by atoms with Crippen molar-refractivity contribution in [3.8, 4) is 0 Å². The van der Waals surface area contributed by atoms with Gasteiger partial charge in [0.1, 0.15) is 5.82 Å². The van der Waals surface area contributed by atoms with E-state index in [2.05, 4.69) is 53.7 Å². The van der Waals surface area contributed by atoms with Gasteiger partial charge >= 0.3 is 0 Å². The summed E-state index contributed by atoms with van der Waals surface area (Å²) >= 11 is 0. The lowest BCUT2D eigenvalue weighted by Crippen LogP contribution is -2.14. The number of benzene rings is 1. The number of aromatic nitrogens is 1. The van der Waals surface area contributed by atoms with Crippen molar-refractivity contribution in [2.75, 3.05) is 18.4 Å². The molecule has 0 aliphatic heterocycles. The van der Waals surface area contributed by atoms with Gasteiger partial charge in [-0.3, -0.25) is 0 Å². The van der Waals surface area contributed by atoms with Crippen LogP contribution in [0.4, 0.5) is 5.82 Å². The molecule has 3 heteroatoms. The number of rotatable bonds is 6. The van der Waals surface area contributed by atoms with E-state index in [1.54, 1.807) is 0 Å². The van der Waals surface area contributed by atoms with Gasteiger partial charge in [0.05, 0.1) is 0 Å². The molecule has 2 aromatic rings. The van der Waals surface area contributed by atoms with Crippen molar-refractivity contribution < 1.29 is 0 Å². The van der Waals surface area contributed by atoms with Crippen molar-refractivity contribution in [2.45, 2.75) is 26.8 Å². The van der Waals surface area contributed by atoms with E-state index < -0.39 is 0 Å². The largest absolute Gasteiger partial charge is 0.370 e. The SMILES string of the molecule is CCCNCc1cnc(NCC)c2ccccc12. The molecule has 0 bridgehead atoms. The summed E-state index contributed by atoms with van der Waals surface area (Å²) in [6.07, 6.45) is 3.13. The Balaban J connectivity index is 2.34. The van der Waals surface area contributed by atoms with Crippen LogP contribution in [0.15, 0.2) is 30.5 Å². The van der Waals surface area contributed by atoms with E-state index in [0.717, 1.165) is 31.9 Å². The van der Waals surface area contributed by atoms with Gasteiger partial charge in [-0.05, 0) is 30.8 Å². The Labute approximate surface area is 109 Å². The molecule has 0 unspecified atom stereocenters. The van der Waals surface area contributed by atoms with Gasteiger partial charge in [-0.15, -0.1) is 0 Å². The first-order valence-electron chi connectivity index (χ1n) is 6.68. The predicted molar refractivity (Wildman–Crippen MR) is 77.9 cm³/mol. The van der Waals surface area contributed by atoms with Gasteiger partial charge in [0.15, 0.2) is 0 Å². The lowest BCUT2D eigenvalue weighted by Gasteiger charge is -2.11. The Morgan fingerprint density at radius 1 is 1.11 bits per heavy atom. The molecule has 0 saturated carbocycles. The summed E-state index contributed by atoms with van der Waals surface area (Å²) in [6, 6.07) is 8.44. The lowest BCUT2D eigenvalue weighted by atomic mass is 10.1. The van der Waals surface area contributed by atoms with Crippen molar-refractivity contribution in [3.63, 3.8) is 0 Å².